The quantitative estimate of drug-likeness (QED) is 0.788. The Morgan fingerprint density at radius 3 is 2.57 bits per heavy atom. The summed E-state index contributed by atoms with van der Waals surface area (Å²) in [6.45, 7) is 5.48. The monoisotopic (exact) mass is 348 g/mol. The van der Waals surface area contributed by atoms with E-state index in [0.29, 0.717) is 5.69 Å². The molecule has 0 aliphatic heterocycles. The fourth-order valence-corrected chi connectivity index (χ4v) is 2.09. The molecule has 1 aromatic heterocycles. The average Bonchev–Trinajstić information content (AvgIpc) is 2.36. The average molecular weight is 349 g/mol. The Hall–Kier alpha value is -1.88. The first-order valence-corrected chi connectivity index (χ1v) is 7.36. The predicted octanol–water partition coefficient (Wildman–Crippen LogP) is 4.86. The van der Waals surface area contributed by atoms with E-state index in [4.69, 9.17) is 4.74 Å². The van der Waals surface area contributed by atoms with Crippen molar-refractivity contribution >= 4 is 27.7 Å². The molecule has 0 saturated heterocycles. The smallest absolute Gasteiger partial charge is 0.412 e. The Balaban J connectivity index is 2.17. The van der Waals surface area contributed by atoms with E-state index in [1.807, 2.05) is 63.2 Å². The van der Waals surface area contributed by atoms with Gasteiger partial charge in [-0.2, -0.15) is 0 Å². The van der Waals surface area contributed by atoms with Gasteiger partial charge in [0, 0.05) is 11.3 Å². The number of hydrogen-bond acceptors (Lipinski definition) is 3. The van der Waals surface area contributed by atoms with Crippen molar-refractivity contribution < 1.29 is 9.53 Å². The number of benzene rings is 1. The standard InChI is InChI=1S/C16H17BrN2O2/c1-16(2,3)21-15(20)18-12-7-4-6-11(10-12)13-8-5-9-14(17)19-13/h4-10H,1-3H3,(H,18,20). The third-order valence-electron chi connectivity index (χ3n) is 2.52. The third-order valence-corrected chi connectivity index (χ3v) is 2.96. The Morgan fingerprint density at radius 1 is 1.19 bits per heavy atom. The van der Waals surface area contributed by atoms with Crippen LogP contribution >= 0.6 is 15.9 Å². The maximum absolute atomic E-state index is 11.8. The van der Waals surface area contributed by atoms with Crippen LogP contribution in [0.3, 0.4) is 0 Å². The minimum absolute atomic E-state index is 0.471. The minimum Gasteiger partial charge on any atom is -0.444 e. The van der Waals surface area contributed by atoms with Crippen LogP contribution in [0, 0.1) is 0 Å². The lowest BCUT2D eigenvalue weighted by Crippen LogP contribution is -2.27. The lowest BCUT2D eigenvalue weighted by molar-refractivity contribution is 0.0636. The van der Waals surface area contributed by atoms with Gasteiger partial charge in [0.1, 0.15) is 10.2 Å². The summed E-state index contributed by atoms with van der Waals surface area (Å²) in [6, 6.07) is 13.2. The molecule has 1 amide bonds. The van der Waals surface area contributed by atoms with Crippen LogP contribution in [0.25, 0.3) is 11.3 Å². The van der Waals surface area contributed by atoms with Gasteiger partial charge in [0.2, 0.25) is 0 Å². The normalized spacial score (nSPS) is 11.0. The van der Waals surface area contributed by atoms with Crippen LogP contribution in [-0.4, -0.2) is 16.7 Å². The van der Waals surface area contributed by atoms with Crippen LogP contribution in [-0.2, 0) is 4.74 Å². The fraction of sp³-hybridized carbons (Fsp3) is 0.250. The number of anilines is 1. The molecule has 0 radical (unpaired) electrons. The molecule has 110 valence electrons. The summed E-state index contributed by atoms with van der Waals surface area (Å²) in [5, 5.41) is 2.72. The van der Waals surface area contributed by atoms with E-state index in [2.05, 4.69) is 26.2 Å². The highest BCUT2D eigenvalue weighted by Crippen LogP contribution is 2.22. The zero-order chi connectivity index (χ0) is 15.5. The number of rotatable bonds is 2. The fourth-order valence-electron chi connectivity index (χ4n) is 1.75. The zero-order valence-corrected chi connectivity index (χ0v) is 13.8. The minimum atomic E-state index is -0.520. The van der Waals surface area contributed by atoms with Gasteiger partial charge in [-0.1, -0.05) is 18.2 Å². The van der Waals surface area contributed by atoms with Crippen molar-refractivity contribution in [2.24, 2.45) is 0 Å². The zero-order valence-electron chi connectivity index (χ0n) is 12.2. The highest BCUT2D eigenvalue weighted by atomic mass is 79.9. The van der Waals surface area contributed by atoms with Crippen molar-refractivity contribution in [2.75, 3.05) is 5.32 Å². The Bertz CT molecular complexity index is 651. The molecule has 0 bridgehead atoms. The number of carbonyl (C=O) groups excluding carboxylic acids is 1. The number of halogens is 1. The van der Waals surface area contributed by atoms with Crippen molar-refractivity contribution in [3.05, 3.63) is 47.1 Å². The number of pyridine rings is 1. The number of ether oxygens (including phenoxy) is 1. The van der Waals surface area contributed by atoms with Gasteiger partial charge < -0.3 is 4.74 Å². The molecule has 2 aromatic rings. The molecule has 0 spiro atoms. The molecule has 0 saturated carbocycles. The molecule has 0 unspecified atom stereocenters. The SMILES string of the molecule is CC(C)(C)OC(=O)Nc1cccc(-c2cccc(Br)n2)c1. The van der Waals surface area contributed by atoms with Crippen LogP contribution in [0.2, 0.25) is 0 Å². The van der Waals surface area contributed by atoms with Gasteiger partial charge in [-0.3, -0.25) is 5.32 Å². The van der Waals surface area contributed by atoms with Gasteiger partial charge in [-0.25, -0.2) is 9.78 Å². The van der Waals surface area contributed by atoms with Gasteiger partial charge in [-0.05, 0) is 61.0 Å². The number of aromatic nitrogens is 1. The van der Waals surface area contributed by atoms with Crippen LogP contribution in [0.5, 0.6) is 0 Å². The van der Waals surface area contributed by atoms with Crippen molar-refractivity contribution in [1.82, 2.24) is 4.98 Å². The lowest BCUT2D eigenvalue weighted by atomic mass is 10.1. The molecule has 5 heteroatoms. The molecule has 0 atom stereocenters. The van der Waals surface area contributed by atoms with Gasteiger partial charge in [0.05, 0.1) is 5.69 Å². The van der Waals surface area contributed by atoms with Crippen LogP contribution in [0.4, 0.5) is 10.5 Å². The number of nitrogens with one attached hydrogen (secondary N) is 1. The van der Waals surface area contributed by atoms with Gasteiger partial charge in [-0.15, -0.1) is 0 Å². The molecule has 1 heterocycles. The van der Waals surface area contributed by atoms with Crippen molar-refractivity contribution in [3.63, 3.8) is 0 Å². The molecule has 1 aromatic carbocycles. The first-order valence-electron chi connectivity index (χ1n) is 6.56. The number of carbonyl (C=O) groups is 1. The second-order valence-electron chi connectivity index (χ2n) is 5.55. The number of hydrogen-bond donors (Lipinski definition) is 1. The van der Waals surface area contributed by atoms with Crippen molar-refractivity contribution in [2.45, 2.75) is 26.4 Å². The van der Waals surface area contributed by atoms with E-state index in [-0.39, 0.29) is 0 Å². The molecule has 0 aliphatic rings. The Labute approximate surface area is 132 Å². The second kappa shape index (κ2) is 6.26. The molecule has 1 N–H and O–H groups in total. The molecular formula is C16H17BrN2O2. The van der Waals surface area contributed by atoms with E-state index in [9.17, 15) is 4.79 Å². The summed E-state index contributed by atoms with van der Waals surface area (Å²) in [6.07, 6.45) is -0.471. The van der Waals surface area contributed by atoms with E-state index < -0.39 is 11.7 Å². The first-order chi connectivity index (χ1) is 9.83. The molecule has 4 nitrogen and oxygen atoms in total. The van der Waals surface area contributed by atoms with Crippen molar-refractivity contribution in [3.8, 4) is 11.3 Å². The first kappa shape index (κ1) is 15.5. The summed E-state index contributed by atoms with van der Waals surface area (Å²) in [4.78, 5) is 16.2. The Morgan fingerprint density at radius 2 is 1.90 bits per heavy atom. The summed E-state index contributed by atoms with van der Waals surface area (Å²) < 4.78 is 6.00. The molecule has 21 heavy (non-hydrogen) atoms. The summed E-state index contributed by atoms with van der Waals surface area (Å²) in [7, 11) is 0. The maximum Gasteiger partial charge on any atom is 0.412 e. The molecule has 2 rings (SSSR count). The van der Waals surface area contributed by atoms with E-state index in [1.165, 1.54) is 0 Å². The van der Waals surface area contributed by atoms with Crippen LogP contribution in [0.15, 0.2) is 47.1 Å². The Kier molecular flexibility index (Phi) is 4.63. The van der Waals surface area contributed by atoms with E-state index in [1.54, 1.807) is 0 Å². The van der Waals surface area contributed by atoms with Crippen molar-refractivity contribution in [1.29, 1.82) is 0 Å². The highest BCUT2D eigenvalue weighted by Gasteiger charge is 2.16. The molecule has 0 fully saturated rings. The third kappa shape index (κ3) is 4.86. The predicted molar refractivity (Wildman–Crippen MR) is 87.2 cm³/mol. The van der Waals surface area contributed by atoms with E-state index in [0.717, 1.165) is 15.9 Å². The van der Waals surface area contributed by atoms with Crippen LogP contribution in [0.1, 0.15) is 20.8 Å². The van der Waals surface area contributed by atoms with E-state index >= 15 is 0 Å². The maximum atomic E-state index is 11.8. The lowest BCUT2D eigenvalue weighted by Gasteiger charge is -2.19. The molecule has 0 aliphatic carbocycles. The largest absolute Gasteiger partial charge is 0.444 e. The highest BCUT2D eigenvalue weighted by molar-refractivity contribution is 9.10. The topological polar surface area (TPSA) is 51.2 Å². The van der Waals surface area contributed by atoms with Gasteiger partial charge in [0.25, 0.3) is 0 Å². The van der Waals surface area contributed by atoms with Crippen LogP contribution < -0.4 is 5.32 Å². The number of nitrogens with zero attached hydrogens (tertiary/aromatic N) is 1. The summed E-state index contributed by atoms with van der Waals surface area (Å²) in [5.41, 5.74) is 1.90. The summed E-state index contributed by atoms with van der Waals surface area (Å²) >= 11 is 3.35. The second-order valence-corrected chi connectivity index (χ2v) is 6.37. The molecular weight excluding hydrogens is 332 g/mol. The van der Waals surface area contributed by atoms with Gasteiger partial charge >= 0.3 is 6.09 Å². The number of amides is 1. The van der Waals surface area contributed by atoms with Gasteiger partial charge in [0.15, 0.2) is 0 Å². The summed E-state index contributed by atoms with van der Waals surface area (Å²) in [5.74, 6) is 0.